The van der Waals surface area contributed by atoms with Gasteiger partial charge in [0, 0.05) is 6.54 Å². The van der Waals surface area contributed by atoms with Gasteiger partial charge in [0.05, 0.1) is 12.6 Å². The quantitative estimate of drug-likeness (QED) is 0.323. The number of halogens is 1. The van der Waals surface area contributed by atoms with Crippen LogP contribution < -0.4 is 16.4 Å². The predicted octanol–water partition coefficient (Wildman–Crippen LogP) is 2.86. The first kappa shape index (κ1) is 22.3. The number of hydrogen-bond donors (Lipinski definition) is 3. The Labute approximate surface area is 157 Å². The van der Waals surface area contributed by atoms with Crippen molar-refractivity contribution in [1.82, 2.24) is 10.6 Å². The maximum atomic E-state index is 11.9. The number of nitrogens with one attached hydrogen (secondary N) is 2. The van der Waals surface area contributed by atoms with Gasteiger partial charge in [-0.25, -0.2) is 4.79 Å². The van der Waals surface area contributed by atoms with Gasteiger partial charge in [-0.3, -0.25) is 4.99 Å². The lowest BCUT2D eigenvalue weighted by atomic mass is 10.1. The van der Waals surface area contributed by atoms with Crippen LogP contribution in [0.3, 0.4) is 0 Å². The van der Waals surface area contributed by atoms with Gasteiger partial charge in [0.15, 0.2) is 5.96 Å². The Bertz CT molecular complexity index is 390. The summed E-state index contributed by atoms with van der Waals surface area (Å²) in [5.74, 6) is 1.56. The molecule has 0 aromatic carbocycles. The Balaban J connectivity index is 0.00000484. The molecule has 1 aliphatic carbocycles. The number of amides is 1. The van der Waals surface area contributed by atoms with Crippen molar-refractivity contribution >= 4 is 36.0 Å². The summed E-state index contributed by atoms with van der Waals surface area (Å²) in [4.78, 5) is 16.2. The maximum absolute atomic E-state index is 11.9. The van der Waals surface area contributed by atoms with Crippen LogP contribution >= 0.6 is 24.0 Å². The molecule has 6 nitrogen and oxygen atoms in total. The second-order valence-corrected chi connectivity index (χ2v) is 7.43. The first-order chi connectivity index (χ1) is 10.2. The lowest BCUT2D eigenvalue weighted by Crippen LogP contribution is -2.43. The Morgan fingerprint density at radius 1 is 1.35 bits per heavy atom. The zero-order valence-electron chi connectivity index (χ0n) is 15.0. The average Bonchev–Trinajstić information content (AvgIpc) is 3.15. The second kappa shape index (κ2) is 10.2. The highest BCUT2D eigenvalue weighted by atomic mass is 127. The third-order valence-corrected chi connectivity index (χ3v) is 3.38. The molecule has 0 spiro atoms. The van der Waals surface area contributed by atoms with Crippen molar-refractivity contribution in [2.75, 3.05) is 13.1 Å². The number of nitrogens with two attached hydrogens (primary N) is 1. The summed E-state index contributed by atoms with van der Waals surface area (Å²) in [6.45, 7) is 11.2. The third-order valence-electron chi connectivity index (χ3n) is 3.38. The van der Waals surface area contributed by atoms with Crippen LogP contribution in [0.1, 0.15) is 53.9 Å². The number of ether oxygens (including phenoxy) is 1. The van der Waals surface area contributed by atoms with E-state index >= 15 is 0 Å². The van der Waals surface area contributed by atoms with Crippen molar-refractivity contribution in [3.63, 3.8) is 0 Å². The van der Waals surface area contributed by atoms with Gasteiger partial charge in [0.2, 0.25) is 0 Å². The first-order valence-corrected chi connectivity index (χ1v) is 8.20. The summed E-state index contributed by atoms with van der Waals surface area (Å²) in [5.41, 5.74) is 5.37. The van der Waals surface area contributed by atoms with Crippen molar-refractivity contribution in [2.45, 2.75) is 65.5 Å². The van der Waals surface area contributed by atoms with Gasteiger partial charge < -0.3 is 21.1 Å². The van der Waals surface area contributed by atoms with E-state index < -0.39 is 5.60 Å². The van der Waals surface area contributed by atoms with E-state index in [2.05, 4.69) is 29.5 Å². The summed E-state index contributed by atoms with van der Waals surface area (Å²) in [5, 5.41) is 6.02. The normalized spacial score (nSPS) is 16.5. The van der Waals surface area contributed by atoms with E-state index in [4.69, 9.17) is 10.5 Å². The number of carbonyl (C=O) groups is 1. The van der Waals surface area contributed by atoms with Gasteiger partial charge in [0.25, 0.3) is 0 Å². The summed E-state index contributed by atoms with van der Waals surface area (Å²) < 4.78 is 5.30. The molecule has 1 amide bonds. The molecule has 7 heteroatoms. The zero-order chi connectivity index (χ0) is 16.8. The second-order valence-electron chi connectivity index (χ2n) is 7.43. The molecule has 0 bridgehead atoms. The number of nitrogens with zero attached hydrogens (tertiary/aromatic N) is 1. The van der Waals surface area contributed by atoms with E-state index in [-0.39, 0.29) is 36.1 Å². The minimum atomic E-state index is -0.487. The smallest absolute Gasteiger partial charge is 0.407 e. The molecule has 1 unspecified atom stereocenters. The van der Waals surface area contributed by atoms with Crippen LogP contribution in [-0.2, 0) is 4.74 Å². The summed E-state index contributed by atoms with van der Waals surface area (Å²) in [7, 11) is 0. The number of rotatable bonds is 7. The minimum Gasteiger partial charge on any atom is -0.444 e. The summed E-state index contributed by atoms with van der Waals surface area (Å²) >= 11 is 0. The van der Waals surface area contributed by atoms with E-state index in [1.807, 2.05) is 20.8 Å². The van der Waals surface area contributed by atoms with Gasteiger partial charge in [-0.1, -0.05) is 13.8 Å². The molecule has 23 heavy (non-hydrogen) atoms. The molecule has 1 rings (SSSR count). The molecular formula is C16H33IN4O2. The van der Waals surface area contributed by atoms with Crippen LogP contribution in [0.4, 0.5) is 4.79 Å². The lowest BCUT2D eigenvalue weighted by Gasteiger charge is -2.23. The lowest BCUT2D eigenvalue weighted by molar-refractivity contribution is 0.0500. The van der Waals surface area contributed by atoms with Gasteiger partial charge in [-0.05, 0) is 51.9 Å². The Morgan fingerprint density at radius 3 is 2.43 bits per heavy atom. The number of guanidine groups is 1. The number of aliphatic imine (C=N–C) groups is 1. The molecule has 136 valence electrons. The fraction of sp³-hybridized carbons (Fsp3) is 0.875. The molecule has 1 atom stereocenters. The number of carbonyl (C=O) groups excluding carboxylic acids is 1. The van der Waals surface area contributed by atoms with E-state index in [0.29, 0.717) is 24.3 Å². The molecule has 1 fully saturated rings. The first-order valence-electron chi connectivity index (χ1n) is 8.20. The van der Waals surface area contributed by atoms with Crippen LogP contribution in [0.25, 0.3) is 0 Å². The highest BCUT2D eigenvalue weighted by Crippen LogP contribution is 2.32. The largest absolute Gasteiger partial charge is 0.444 e. The molecule has 0 saturated heterocycles. The van der Waals surface area contributed by atoms with Crippen molar-refractivity contribution in [3.8, 4) is 0 Å². The van der Waals surface area contributed by atoms with Gasteiger partial charge in [-0.15, -0.1) is 24.0 Å². The van der Waals surface area contributed by atoms with Crippen LogP contribution in [0.15, 0.2) is 4.99 Å². The molecule has 0 radical (unpaired) electrons. The molecule has 0 heterocycles. The van der Waals surface area contributed by atoms with Gasteiger partial charge in [-0.2, -0.15) is 0 Å². The van der Waals surface area contributed by atoms with Crippen LogP contribution in [0, 0.1) is 11.8 Å². The molecule has 0 aliphatic heterocycles. The van der Waals surface area contributed by atoms with E-state index in [0.717, 1.165) is 25.8 Å². The maximum Gasteiger partial charge on any atom is 0.407 e. The number of alkyl carbamates (subject to hydrolysis) is 1. The fourth-order valence-corrected chi connectivity index (χ4v) is 2.01. The van der Waals surface area contributed by atoms with E-state index in [1.165, 1.54) is 0 Å². The topological polar surface area (TPSA) is 88.7 Å². The van der Waals surface area contributed by atoms with Crippen LogP contribution in [0.5, 0.6) is 0 Å². The van der Waals surface area contributed by atoms with Crippen molar-refractivity contribution < 1.29 is 9.53 Å². The van der Waals surface area contributed by atoms with Crippen LogP contribution in [0.2, 0.25) is 0 Å². The molecular weight excluding hydrogens is 407 g/mol. The van der Waals surface area contributed by atoms with Crippen LogP contribution in [-0.4, -0.2) is 36.8 Å². The monoisotopic (exact) mass is 440 g/mol. The Morgan fingerprint density at radius 2 is 1.96 bits per heavy atom. The summed E-state index contributed by atoms with van der Waals surface area (Å²) in [6, 6.07) is 0.000277. The van der Waals surface area contributed by atoms with Gasteiger partial charge in [0.1, 0.15) is 5.60 Å². The highest BCUT2D eigenvalue weighted by molar-refractivity contribution is 14.0. The Hall–Kier alpha value is -0.730. The molecule has 1 saturated carbocycles. The minimum absolute atomic E-state index is 0. The standard InChI is InChI=1S/C16H32N4O2.HI/c1-11(2)8-9-18-14(17)19-10-13(12-6-7-12)20-15(21)22-16(3,4)5;/h11-13H,6-10H2,1-5H3,(H,20,21)(H3,17,18,19);1H. The van der Waals surface area contributed by atoms with Crippen molar-refractivity contribution in [3.05, 3.63) is 0 Å². The summed E-state index contributed by atoms with van der Waals surface area (Å²) in [6.07, 6.45) is 2.91. The predicted molar refractivity (Wildman–Crippen MR) is 105 cm³/mol. The van der Waals surface area contributed by atoms with Gasteiger partial charge >= 0.3 is 6.09 Å². The SMILES string of the molecule is CC(C)CCNC(N)=NCC(NC(=O)OC(C)(C)C)C1CC1.I. The van der Waals surface area contributed by atoms with Crippen molar-refractivity contribution in [2.24, 2.45) is 22.6 Å². The Kier molecular flexibility index (Phi) is 9.88. The third kappa shape index (κ3) is 11.4. The molecule has 4 N–H and O–H groups in total. The zero-order valence-corrected chi connectivity index (χ0v) is 17.3. The number of hydrogen-bond acceptors (Lipinski definition) is 3. The highest BCUT2D eigenvalue weighted by Gasteiger charge is 2.33. The van der Waals surface area contributed by atoms with E-state index in [9.17, 15) is 4.79 Å². The van der Waals surface area contributed by atoms with Crippen molar-refractivity contribution in [1.29, 1.82) is 0 Å². The average molecular weight is 440 g/mol. The molecule has 1 aliphatic rings. The molecule has 0 aromatic heterocycles. The fourth-order valence-electron chi connectivity index (χ4n) is 2.01. The van der Waals surface area contributed by atoms with E-state index in [1.54, 1.807) is 0 Å². The molecule has 0 aromatic rings.